The lowest BCUT2D eigenvalue weighted by atomic mass is 9.96. The number of piperidine rings is 1. The minimum absolute atomic E-state index is 0.452. The summed E-state index contributed by atoms with van der Waals surface area (Å²) in [4.78, 5) is 4.65. The average molecular weight is 343 g/mol. The maximum absolute atomic E-state index is 5.34. The molecule has 1 aliphatic heterocycles. The zero-order valence-electron chi connectivity index (χ0n) is 15.8. The molecule has 1 unspecified atom stereocenters. The second-order valence-corrected chi connectivity index (χ2v) is 7.20. The van der Waals surface area contributed by atoms with Crippen molar-refractivity contribution in [3.8, 4) is 5.75 Å². The lowest BCUT2D eigenvalue weighted by molar-refractivity contribution is 0.194. The predicted octanol–water partition coefficient (Wildman–Crippen LogP) is 2.26. The molecule has 0 aliphatic carbocycles. The molecule has 1 fully saturated rings. The van der Waals surface area contributed by atoms with Crippen LogP contribution in [0.15, 0.2) is 24.3 Å². The number of likely N-dealkylation sites (tertiary alicyclic amines) is 1. The largest absolute Gasteiger partial charge is 0.497 e. The SMILES string of the molecule is COc1cccc(CN2CCCC(c3nnc(CN(C)C)n3C)C2)c1. The van der Waals surface area contributed by atoms with Crippen LogP contribution < -0.4 is 4.74 Å². The van der Waals surface area contributed by atoms with Gasteiger partial charge in [0.2, 0.25) is 0 Å². The van der Waals surface area contributed by atoms with Gasteiger partial charge in [-0.2, -0.15) is 0 Å². The number of rotatable bonds is 6. The molecule has 1 aromatic heterocycles. The molecular formula is C19H29N5O. The summed E-state index contributed by atoms with van der Waals surface area (Å²) < 4.78 is 7.52. The summed E-state index contributed by atoms with van der Waals surface area (Å²) in [5, 5.41) is 8.90. The van der Waals surface area contributed by atoms with Crippen molar-refractivity contribution in [2.45, 2.75) is 31.8 Å². The third-order valence-electron chi connectivity index (χ3n) is 4.87. The van der Waals surface area contributed by atoms with Crippen LogP contribution >= 0.6 is 0 Å². The van der Waals surface area contributed by atoms with E-state index in [1.807, 2.05) is 6.07 Å². The van der Waals surface area contributed by atoms with Gasteiger partial charge in [0.15, 0.2) is 0 Å². The number of nitrogens with zero attached hydrogens (tertiary/aromatic N) is 5. The van der Waals surface area contributed by atoms with Crippen LogP contribution in [0.1, 0.15) is 36.0 Å². The lowest BCUT2D eigenvalue weighted by Gasteiger charge is -2.32. The van der Waals surface area contributed by atoms with Gasteiger partial charge >= 0.3 is 0 Å². The van der Waals surface area contributed by atoms with Gasteiger partial charge in [-0.05, 0) is 51.2 Å². The summed E-state index contributed by atoms with van der Waals surface area (Å²) in [7, 11) is 7.93. The molecule has 136 valence electrons. The van der Waals surface area contributed by atoms with Gasteiger partial charge in [-0.15, -0.1) is 10.2 Å². The first-order valence-electron chi connectivity index (χ1n) is 8.95. The van der Waals surface area contributed by atoms with Crippen LogP contribution in [-0.2, 0) is 20.1 Å². The Morgan fingerprint density at radius 3 is 2.88 bits per heavy atom. The van der Waals surface area contributed by atoms with Crippen molar-refractivity contribution in [3.63, 3.8) is 0 Å². The molecule has 0 amide bonds. The average Bonchev–Trinajstić information content (AvgIpc) is 2.95. The van der Waals surface area contributed by atoms with E-state index in [1.165, 1.54) is 18.4 Å². The first-order valence-corrected chi connectivity index (χ1v) is 8.95. The van der Waals surface area contributed by atoms with Crippen LogP contribution in [-0.4, -0.2) is 58.9 Å². The van der Waals surface area contributed by atoms with Crippen molar-refractivity contribution in [2.75, 3.05) is 34.3 Å². The van der Waals surface area contributed by atoms with Crippen molar-refractivity contribution in [1.29, 1.82) is 0 Å². The third-order valence-corrected chi connectivity index (χ3v) is 4.87. The van der Waals surface area contributed by atoms with Gasteiger partial charge in [-0.1, -0.05) is 12.1 Å². The third kappa shape index (κ3) is 4.38. The Balaban J connectivity index is 1.68. The Hall–Kier alpha value is -1.92. The highest BCUT2D eigenvalue weighted by Crippen LogP contribution is 2.27. The summed E-state index contributed by atoms with van der Waals surface area (Å²) in [5.41, 5.74) is 1.30. The Kier molecular flexibility index (Phi) is 5.71. The standard InChI is InChI=1S/C19H29N5O/c1-22(2)14-18-20-21-19(23(18)3)16-8-6-10-24(13-16)12-15-7-5-9-17(11-15)25-4/h5,7,9,11,16H,6,8,10,12-14H2,1-4H3. The fourth-order valence-corrected chi connectivity index (χ4v) is 3.59. The van der Waals surface area contributed by atoms with E-state index in [2.05, 4.69) is 63.9 Å². The smallest absolute Gasteiger partial charge is 0.146 e. The molecule has 0 bridgehead atoms. The molecule has 3 rings (SSSR count). The lowest BCUT2D eigenvalue weighted by Crippen LogP contribution is -2.34. The van der Waals surface area contributed by atoms with Crippen LogP contribution in [0.4, 0.5) is 0 Å². The molecular weight excluding hydrogens is 314 g/mol. The Morgan fingerprint density at radius 2 is 2.12 bits per heavy atom. The Bertz CT molecular complexity index is 697. The van der Waals surface area contributed by atoms with Gasteiger partial charge in [-0.25, -0.2) is 0 Å². The Morgan fingerprint density at radius 1 is 1.28 bits per heavy atom. The fourth-order valence-electron chi connectivity index (χ4n) is 3.59. The van der Waals surface area contributed by atoms with Gasteiger partial charge < -0.3 is 14.2 Å². The number of methoxy groups -OCH3 is 1. The van der Waals surface area contributed by atoms with Gasteiger partial charge in [0.25, 0.3) is 0 Å². The molecule has 1 atom stereocenters. The van der Waals surface area contributed by atoms with Gasteiger partial charge in [0, 0.05) is 26.1 Å². The minimum atomic E-state index is 0.452. The van der Waals surface area contributed by atoms with Crippen LogP contribution in [0.5, 0.6) is 5.75 Å². The monoisotopic (exact) mass is 343 g/mol. The van der Waals surface area contributed by atoms with Gasteiger partial charge in [0.1, 0.15) is 17.4 Å². The molecule has 1 aromatic carbocycles. The van der Waals surface area contributed by atoms with Crippen LogP contribution in [0, 0.1) is 0 Å². The van der Waals surface area contributed by atoms with E-state index in [-0.39, 0.29) is 0 Å². The second-order valence-electron chi connectivity index (χ2n) is 7.20. The summed E-state index contributed by atoms with van der Waals surface area (Å²) in [6, 6.07) is 8.35. The van der Waals surface area contributed by atoms with Crippen molar-refractivity contribution >= 4 is 0 Å². The first kappa shape index (κ1) is 17.9. The zero-order valence-corrected chi connectivity index (χ0v) is 15.8. The van der Waals surface area contributed by atoms with Crippen LogP contribution in [0.25, 0.3) is 0 Å². The minimum Gasteiger partial charge on any atom is -0.497 e. The number of aromatic nitrogens is 3. The quantitative estimate of drug-likeness (QED) is 0.805. The van der Waals surface area contributed by atoms with E-state index >= 15 is 0 Å². The van der Waals surface area contributed by atoms with Crippen molar-refractivity contribution in [2.24, 2.45) is 7.05 Å². The highest BCUT2D eigenvalue weighted by atomic mass is 16.5. The summed E-state index contributed by atoms with van der Waals surface area (Å²) in [5.74, 6) is 3.53. The second kappa shape index (κ2) is 7.97. The molecule has 0 spiro atoms. The highest BCUT2D eigenvalue weighted by molar-refractivity contribution is 5.28. The van der Waals surface area contributed by atoms with E-state index in [0.29, 0.717) is 5.92 Å². The molecule has 25 heavy (non-hydrogen) atoms. The number of benzene rings is 1. The number of ether oxygens (including phenoxy) is 1. The first-order chi connectivity index (χ1) is 12.1. The summed E-state index contributed by atoms with van der Waals surface area (Å²) >= 11 is 0. The molecule has 6 nitrogen and oxygen atoms in total. The maximum Gasteiger partial charge on any atom is 0.146 e. The topological polar surface area (TPSA) is 46.4 Å². The highest BCUT2D eigenvalue weighted by Gasteiger charge is 2.26. The molecule has 0 saturated carbocycles. The summed E-state index contributed by atoms with van der Waals surface area (Å²) in [6.45, 7) is 3.95. The zero-order chi connectivity index (χ0) is 17.8. The molecule has 6 heteroatoms. The molecule has 1 aliphatic rings. The molecule has 2 heterocycles. The van der Waals surface area contributed by atoms with Crippen LogP contribution in [0.2, 0.25) is 0 Å². The fraction of sp³-hybridized carbons (Fsp3) is 0.579. The van der Waals surface area contributed by atoms with Gasteiger partial charge in [0.05, 0.1) is 13.7 Å². The molecule has 2 aromatic rings. The molecule has 0 radical (unpaired) electrons. The van der Waals surface area contributed by atoms with Crippen LogP contribution in [0.3, 0.4) is 0 Å². The van der Waals surface area contributed by atoms with Crippen molar-refractivity contribution in [3.05, 3.63) is 41.5 Å². The van der Waals surface area contributed by atoms with E-state index in [4.69, 9.17) is 4.74 Å². The Labute approximate surface area is 150 Å². The van der Waals surface area contributed by atoms with E-state index in [0.717, 1.165) is 43.6 Å². The molecule has 1 saturated heterocycles. The number of hydrogen-bond acceptors (Lipinski definition) is 5. The van der Waals surface area contributed by atoms with Gasteiger partial charge in [-0.3, -0.25) is 4.90 Å². The van der Waals surface area contributed by atoms with E-state index < -0.39 is 0 Å². The van der Waals surface area contributed by atoms with Crippen molar-refractivity contribution in [1.82, 2.24) is 24.6 Å². The predicted molar refractivity (Wildman–Crippen MR) is 98.6 cm³/mol. The summed E-state index contributed by atoms with van der Waals surface area (Å²) in [6.07, 6.45) is 2.38. The normalized spacial score (nSPS) is 18.7. The van der Waals surface area contributed by atoms with E-state index in [9.17, 15) is 0 Å². The number of hydrogen-bond donors (Lipinski definition) is 0. The van der Waals surface area contributed by atoms with E-state index in [1.54, 1.807) is 7.11 Å². The maximum atomic E-state index is 5.34. The van der Waals surface area contributed by atoms with Crippen molar-refractivity contribution < 1.29 is 4.74 Å². The molecule has 0 N–H and O–H groups in total.